The maximum Gasteiger partial charge on any atom is 0.233 e. The number of amides is 1. The van der Waals surface area contributed by atoms with Gasteiger partial charge in [-0.2, -0.15) is 5.10 Å². The predicted octanol–water partition coefficient (Wildman–Crippen LogP) is 3.58. The van der Waals surface area contributed by atoms with Gasteiger partial charge >= 0.3 is 0 Å². The van der Waals surface area contributed by atoms with E-state index in [0.29, 0.717) is 5.82 Å². The smallest absolute Gasteiger partial charge is 0.233 e. The fraction of sp³-hybridized carbons (Fsp3) is 0.286. The first-order valence-electron chi connectivity index (χ1n) is 9.10. The summed E-state index contributed by atoms with van der Waals surface area (Å²) in [6.07, 6.45) is 9.39. The van der Waals surface area contributed by atoms with Gasteiger partial charge in [-0.05, 0) is 54.5 Å². The van der Waals surface area contributed by atoms with Gasteiger partial charge in [-0.3, -0.25) is 14.5 Å². The molecule has 2 aromatic heterocycles. The van der Waals surface area contributed by atoms with E-state index in [-0.39, 0.29) is 11.8 Å². The summed E-state index contributed by atoms with van der Waals surface area (Å²) >= 11 is 0. The van der Waals surface area contributed by atoms with E-state index >= 15 is 0 Å². The third kappa shape index (κ3) is 3.67. The van der Waals surface area contributed by atoms with Gasteiger partial charge in [-0.1, -0.05) is 24.3 Å². The summed E-state index contributed by atoms with van der Waals surface area (Å²) in [4.78, 5) is 16.8. The second kappa shape index (κ2) is 7.52. The van der Waals surface area contributed by atoms with Gasteiger partial charge in [0.2, 0.25) is 5.91 Å². The lowest BCUT2D eigenvalue weighted by molar-refractivity contribution is -0.117. The SMILES string of the molecule is O=C(Nc1ccn(CCc2ccncc2)n1)[C@H]1CCCc2ccccc21. The molecule has 1 aromatic carbocycles. The van der Waals surface area contributed by atoms with Crippen LogP contribution in [0.15, 0.2) is 61.1 Å². The van der Waals surface area contributed by atoms with Crippen molar-refractivity contribution < 1.29 is 4.79 Å². The average Bonchev–Trinajstić information content (AvgIpc) is 3.14. The van der Waals surface area contributed by atoms with Crippen molar-refractivity contribution in [1.29, 1.82) is 0 Å². The molecule has 0 aliphatic heterocycles. The van der Waals surface area contributed by atoms with Gasteiger partial charge in [0.05, 0.1) is 5.92 Å². The Morgan fingerprint density at radius 1 is 1.15 bits per heavy atom. The number of hydrogen-bond acceptors (Lipinski definition) is 3. The third-order valence-electron chi connectivity index (χ3n) is 4.96. The molecule has 0 saturated heterocycles. The average molecular weight is 346 g/mol. The van der Waals surface area contributed by atoms with Gasteiger partial charge in [0, 0.05) is 31.2 Å². The van der Waals surface area contributed by atoms with Crippen LogP contribution in [0.2, 0.25) is 0 Å². The van der Waals surface area contributed by atoms with Gasteiger partial charge in [-0.25, -0.2) is 0 Å². The second-order valence-electron chi connectivity index (χ2n) is 6.70. The molecule has 0 fully saturated rings. The minimum absolute atomic E-state index is 0.0385. The van der Waals surface area contributed by atoms with E-state index in [1.807, 2.05) is 41.2 Å². The maximum atomic E-state index is 12.8. The highest BCUT2D eigenvalue weighted by atomic mass is 16.2. The van der Waals surface area contributed by atoms with Crippen molar-refractivity contribution in [3.63, 3.8) is 0 Å². The number of fused-ring (bicyclic) bond motifs is 1. The highest BCUT2D eigenvalue weighted by Crippen LogP contribution is 2.32. The molecule has 2 heterocycles. The maximum absolute atomic E-state index is 12.8. The van der Waals surface area contributed by atoms with Crippen LogP contribution in [-0.2, 0) is 24.2 Å². The fourth-order valence-corrected chi connectivity index (χ4v) is 3.59. The van der Waals surface area contributed by atoms with Crippen molar-refractivity contribution in [2.24, 2.45) is 0 Å². The standard InChI is InChI=1S/C21H22N4O/c26-21(19-7-3-5-17-4-1-2-6-18(17)19)23-20-11-15-25(24-20)14-10-16-8-12-22-13-9-16/h1-2,4,6,8-9,11-13,15,19H,3,5,7,10,14H2,(H,23,24,26)/t19-/m0/s1. The normalized spacial score (nSPS) is 16.1. The topological polar surface area (TPSA) is 59.8 Å². The number of carbonyl (C=O) groups excluding carboxylic acids is 1. The van der Waals surface area contributed by atoms with Gasteiger partial charge in [0.15, 0.2) is 5.82 Å². The minimum atomic E-state index is -0.0816. The number of nitrogens with one attached hydrogen (secondary N) is 1. The van der Waals surface area contributed by atoms with Crippen LogP contribution >= 0.6 is 0 Å². The Balaban J connectivity index is 1.39. The molecule has 3 aromatic rings. The summed E-state index contributed by atoms with van der Waals surface area (Å²) in [6, 6.07) is 14.1. The van der Waals surface area contributed by atoms with Crippen LogP contribution in [0.4, 0.5) is 5.82 Å². The highest BCUT2D eigenvalue weighted by Gasteiger charge is 2.26. The molecule has 0 spiro atoms. The number of aryl methyl sites for hydroxylation is 3. The summed E-state index contributed by atoms with van der Waals surface area (Å²) in [6.45, 7) is 0.770. The molecule has 5 nitrogen and oxygen atoms in total. The van der Waals surface area contributed by atoms with Crippen molar-refractivity contribution in [3.05, 3.63) is 77.7 Å². The Kier molecular flexibility index (Phi) is 4.78. The van der Waals surface area contributed by atoms with E-state index in [1.54, 1.807) is 12.4 Å². The largest absolute Gasteiger partial charge is 0.309 e. The number of anilines is 1. The monoisotopic (exact) mass is 346 g/mol. The Labute approximate surface area is 153 Å². The van der Waals surface area contributed by atoms with Gasteiger partial charge in [-0.15, -0.1) is 0 Å². The lowest BCUT2D eigenvalue weighted by Crippen LogP contribution is -2.25. The number of nitrogens with zero attached hydrogens (tertiary/aromatic N) is 3. The first kappa shape index (κ1) is 16.5. The molecule has 0 radical (unpaired) electrons. The first-order chi connectivity index (χ1) is 12.8. The van der Waals surface area contributed by atoms with Crippen LogP contribution in [-0.4, -0.2) is 20.7 Å². The van der Waals surface area contributed by atoms with Crippen LogP contribution in [0, 0.1) is 0 Å². The van der Waals surface area contributed by atoms with Crippen LogP contribution < -0.4 is 5.32 Å². The number of pyridine rings is 1. The van der Waals surface area contributed by atoms with E-state index < -0.39 is 0 Å². The van der Waals surface area contributed by atoms with Crippen LogP contribution in [0.1, 0.15) is 35.4 Å². The Morgan fingerprint density at radius 2 is 2.00 bits per heavy atom. The molecule has 1 aliphatic rings. The molecule has 5 heteroatoms. The zero-order chi connectivity index (χ0) is 17.8. The summed E-state index contributed by atoms with van der Waals surface area (Å²) in [5.41, 5.74) is 3.68. The molecule has 1 amide bonds. The van der Waals surface area contributed by atoms with Gasteiger partial charge in [0.25, 0.3) is 0 Å². The van der Waals surface area contributed by atoms with Crippen LogP contribution in [0.3, 0.4) is 0 Å². The molecule has 0 unspecified atom stereocenters. The number of hydrogen-bond donors (Lipinski definition) is 1. The predicted molar refractivity (Wildman–Crippen MR) is 101 cm³/mol. The van der Waals surface area contributed by atoms with Crippen molar-refractivity contribution in [2.45, 2.75) is 38.1 Å². The Hall–Kier alpha value is -2.95. The lowest BCUT2D eigenvalue weighted by atomic mass is 9.82. The van der Waals surface area contributed by atoms with Gasteiger partial charge < -0.3 is 5.32 Å². The van der Waals surface area contributed by atoms with Crippen molar-refractivity contribution >= 4 is 11.7 Å². The first-order valence-corrected chi connectivity index (χ1v) is 9.10. The lowest BCUT2D eigenvalue weighted by Gasteiger charge is -2.24. The molecule has 26 heavy (non-hydrogen) atoms. The number of aromatic nitrogens is 3. The molecule has 1 atom stereocenters. The van der Waals surface area contributed by atoms with Crippen LogP contribution in [0.5, 0.6) is 0 Å². The third-order valence-corrected chi connectivity index (χ3v) is 4.96. The van der Waals surface area contributed by atoms with Crippen molar-refractivity contribution in [2.75, 3.05) is 5.32 Å². The van der Waals surface area contributed by atoms with Crippen molar-refractivity contribution in [3.8, 4) is 0 Å². The molecular formula is C21H22N4O. The molecule has 4 rings (SSSR count). The fourth-order valence-electron chi connectivity index (χ4n) is 3.59. The molecule has 132 valence electrons. The quantitative estimate of drug-likeness (QED) is 0.768. The van der Waals surface area contributed by atoms with Crippen molar-refractivity contribution in [1.82, 2.24) is 14.8 Å². The number of rotatable bonds is 5. The molecule has 0 bridgehead atoms. The van der Waals surface area contributed by atoms with E-state index in [1.165, 1.54) is 11.1 Å². The molecule has 0 saturated carbocycles. The van der Waals surface area contributed by atoms with Crippen LogP contribution in [0.25, 0.3) is 0 Å². The Bertz CT molecular complexity index is 888. The van der Waals surface area contributed by atoms with E-state index in [4.69, 9.17) is 0 Å². The van der Waals surface area contributed by atoms with E-state index in [2.05, 4.69) is 27.5 Å². The summed E-state index contributed by atoms with van der Waals surface area (Å²) in [7, 11) is 0. The highest BCUT2D eigenvalue weighted by molar-refractivity contribution is 5.95. The van der Waals surface area contributed by atoms with E-state index in [9.17, 15) is 4.79 Å². The second-order valence-corrected chi connectivity index (χ2v) is 6.70. The minimum Gasteiger partial charge on any atom is -0.309 e. The number of benzene rings is 1. The van der Waals surface area contributed by atoms with Gasteiger partial charge in [0.1, 0.15) is 0 Å². The van der Waals surface area contributed by atoms with E-state index in [0.717, 1.165) is 37.8 Å². The summed E-state index contributed by atoms with van der Waals surface area (Å²) in [5.74, 6) is 0.575. The number of carbonyl (C=O) groups is 1. The Morgan fingerprint density at radius 3 is 2.88 bits per heavy atom. The summed E-state index contributed by atoms with van der Waals surface area (Å²) < 4.78 is 1.87. The molecular weight excluding hydrogens is 324 g/mol. The zero-order valence-electron chi connectivity index (χ0n) is 14.6. The molecule has 1 aliphatic carbocycles. The molecule has 1 N–H and O–H groups in total. The zero-order valence-corrected chi connectivity index (χ0v) is 14.6. The summed E-state index contributed by atoms with van der Waals surface area (Å²) in [5, 5.41) is 7.48.